The van der Waals surface area contributed by atoms with Crippen LogP contribution in [-0.2, 0) is 11.3 Å². The van der Waals surface area contributed by atoms with Gasteiger partial charge in [0.2, 0.25) is 0 Å². The highest BCUT2D eigenvalue weighted by Crippen LogP contribution is 2.15. The lowest BCUT2D eigenvalue weighted by atomic mass is 10.2. The third-order valence-corrected chi connectivity index (χ3v) is 4.52. The summed E-state index contributed by atoms with van der Waals surface area (Å²) in [4.78, 5) is 20.9. The molecule has 0 bridgehead atoms. The van der Waals surface area contributed by atoms with Gasteiger partial charge in [-0.3, -0.25) is 14.7 Å². The first kappa shape index (κ1) is 17.4. The van der Waals surface area contributed by atoms with Gasteiger partial charge >= 0.3 is 0 Å². The van der Waals surface area contributed by atoms with Crippen molar-refractivity contribution in [3.63, 3.8) is 0 Å². The predicted octanol–water partition coefficient (Wildman–Crippen LogP) is 2.50. The molecule has 2 heterocycles. The second kappa shape index (κ2) is 8.12. The van der Waals surface area contributed by atoms with E-state index in [0.717, 1.165) is 38.5 Å². The van der Waals surface area contributed by atoms with Crippen molar-refractivity contribution < 1.29 is 9.53 Å². The zero-order valence-electron chi connectivity index (χ0n) is 14.9. The minimum atomic E-state index is -0.463. The fraction of sp³-hybridized carbons (Fsp3) is 0.400. The minimum Gasteiger partial charge on any atom is -0.481 e. The molecule has 5 nitrogen and oxygen atoms in total. The first-order valence-corrected chi connectivity index (χ1v) is 8.75. The molecule has 1 unspecified atom stereocenters. The number of nitrogens with zero attached hydrogens (tertiary/aromatic N) is 3. The second-order valence-corrected chi connectivity index (χ2v) is 6.53. The van der Waals surface area contributed by atoms with E-state index >= 15 is 0 Å². The molecule has 1 amide bonds. The van der Waals surface area contributed by atoms with Crippen LogP contribution in [0.3, 0.4) is 0 Å². The number of ether oxygens (including phenoxy) is 1. The summed E-state index contributed by atoms with van der Waals surface area (Å²) in [5, 5.41) is 0. The van der Waals surface area contributed by atoms with E-state index in [9.17, 15) is 4.79 Å². The van der Waals surface area contributed by atoms with E-state index in [-0.39, 0.29) is 5.91 Å². The van der Waals surface area contributed by atoms with Gasteiger partial charge in [-0.05, 0) is 43.7 Å². The van der Waals surface area contributed by atoms with Gasteiger partial charge in [-0.1, -0.05) is 17.7 Å². The quantitative estimate of drug-likeness (QED) is 0.840. The molecule has 1 aromatic carbocycles. The summed E-state index contributed by atoms with van der Waals surface area (Å²) in [6.07, 6.45) is 3.17. The average Bonchev–Trinajstić information content (AvgIpc) is 2.64. The molecule has 0 aliphatic carbocycles. The van der Waals surface area contributed by atoms with Crippen LogP contribution in [0, 0.1) is 6.92 Å². The van der Waals surface area contributed by atoms with E-state index in [2.05, 4.69) is 9.88 Å². The monoisotopic (exact) mass is 339 g/mol. The van der Waals surface area contributed by atoms with Gasteiger partial charge < -0.3 is 9.64 Å². The number of carbonyl (C=O) groups is 1. The number of carbonyl (C=O) groups excluding carboxylic acids is 1. The number of hydrogen-bond acceptors (Lipinski definition) is 4. The maximum absolute atomic E-state index is 12.6. The van der Waals surface area contributed by atoms with Gasteiger partial charge in [-0.2, -0.15) is 0 Å². The van der Waals surface area contributed by atoms with Gasteiger partial charge in [-0.15, -0.1) is 0 Å². The molecule has 3 rings (SSSR count). The SMILES string of the molecule is Cc1ccc(OC(C)C(=O)N2CCN(Cc3ccncc3)CC2)cc1. The van der Waals surface area contributed by atoms with Crippen molar-refractivity contribution in [2.75, 3.05) is 26.2 Å². The van der Waals surface area contributed by atoms with Crippen molar-refractivity contribution >= 4 is 5.91 Å². The van der Waals surface area contributed by atoms with E-state index in [1.807, 2.05) is 67.5 Å². The number of hydrogen-bond donors (Lipinski definition) is 0. The van der Waals surface area contributed by atoms with Crippen LogP contribution in [0.2, 0.25) is 0 Å². The Morgan fingerprint density at radius 1 is 1.08 bits per heavy atom. The Kier molecular flexibility index (Phi) is 5.66. The lowest BCUT2D eigenvalue weighted by Crippen LogP contribution is -2.51. The smallest absolute Gasteiger partial charge is 0.263 e. The molecule has 5 heteroatoms. The molecule has 1 fully saturated rings. The third kappa shape index (κ3) is 4.79. The number of aromatic nitrogens is 1. The van der Waals surface area contributed by atoms with Crippen molar-refractivity contribution in [1.29, 1.82) is 0 Å². The van der Waals surface area contributed by atoms with Crippen molar-refractivity contribution in [3.8, 4) is 5.75 Å². The summed E-state index contributed by atoms with van der Waals surface area (Å²) >= 11 is 0. The van der Waals surface area contributed by atoms with Gasteiger partial charge in [0.15, 0.2) is 6.10 Å². The van der Waals surface area contributed by atoms with E-state index in [1.165, 1.54) is 11.1 Å². The van der Waals surface area contributed by atoms with Crippen LogP contribution in [0.4, 0.5) is 0 Å². The number of aryl methyl sites for hydroxylation is 1. The Balaban J connectivity index is 1.48. The molecular formula is C20H25N3O2. The molecule has 1 atom stereocenters. The molecule has 1 aromatic heterocycles. The zero-order chi connectivity index (χ0) is 17.6. The molecule has 0 spiro atoms. The minimum absolute atomic E-state index is 0.0594. The Morgan fingerprint density at radius 3 is 2.36 bits per heavy atom. The van der Waals surface area contributed by atoms with Crippen LogP contribution in [-0.4, -0.2) is 53.0 Å². The third-order valence-electron chi connectivity index (χ3n) is 4.52. The zero-order valence-corrected chi connectivity index (χ0v) is 14.9. The molecule has 2 aromatic rings. The highest BCUT2D eigenvalue weighted by molar-refractivity contribution is 5.81. The molecule has 25 heavy (non-hydrogen) atoms. The standard InChI is InChI=1S/C20H25N3O2/c1-16-3-5-19(6-4-16)25-17(2)20(24)23-13-11-22(12-14-23)15-18-7-9-21-10-8-18/h3-10,17H,11-15H2,1-2H3. The number of pyridine rings is 1. The van der Waals surface area contributed by atoms with Crippen LogP contribution in [0.25, 0.3) is 0 Å². The van der Waals surface area contributed by atoms with Crippen molar-refractivity contribution in [3.05, 3.63) is 59.9 Å². The van der Waals surface area contributed by atoms with Crippen molar-refractivity contribution in [2.24, 2.45) is 0 Å². The Labute approximate surface area is 149 Å². The summed E-state index contributed by atoms with van der Waals surface area (Å²) in [7, 11) is 0. The number of amides is 1. The van der Waals surface area contributed by atoms with Crippen LogP contribution in [0.1, 0.15) is 18.1 Å². The number of piperazine rings is 1. The maximum atomic E-state index is 12.6. The molecule has 132 valence electrons. The lowest BCUT2D eigenvalue weighted by molar-refractivity contribution is -0.139. The Hall–Kier alpha value is -2.40. The Morgan fingerprint density at radius 2 is 1.72 bits per heavy atom. The number of benzene rings is 1. The summed E-state index contributed by atoms with van der Waals surface area (Å²) in [5.41, 5.74) is 2.43. The van der Waals surface area contributed by atoms with Crippen molar-refractivity contribution in [1.82, 2.24) is 14.8 Å². The molecule has 0 radical (unpaired) electrons. The first-order valence-electron chi connectivity index (χ1n) is 8.75. The topological polar surface area (TPSA) is 45.7 Å². The second-order valence-electron chi connectivity index (χ2n) is 6.53. The molecular weight excluding hydrogens is 314 g/mol. The average molecular weight is 339 g/mol. The van der Waals surface area contributed by atoms with Crippen LogP contribution < -0.4 is 4.74 Å². The molecule has 0 saturated carbocycles. The van der Waals surface area contributed by atoms with Crippen molar-refractivity contribution in [2.45, 2.75) is 26.5 Å². The van der Waals surface area contributed by atoms with Gasteiger partial charge in [0, 0.05) is 45.1 Å². The highest BCUT2D eigenvalue weighted by Gasteiger charge is 2.26. The summed E-state index contributed by atoms with van der Waals surface area (Å²) in [6, 6.07) is 11.9. The van der Waals surface area contributed by atoms with E-state index in [1.54, 1.807) is 0 Å². The van der Waals surface area contributed by atoms with Gasteiger partial charge in [0.1, 0.15) is 5.75 Å². The molecule has 0 N–H and O–H groups in total. The van der Waals surface area contributed by atoms with Gasteiger partial charge in [0.05, 0.1) is 0 Å². The van der Waals surface area contributed by atoms with Crippen LogP contribution in [0.5, 0.6) is 5.75 Å². The summed E-state index contributed by atoms with van der Waals surface area (Å²) in [5.74, 6) is 0.798. The lowest BCUT2D eigenvalue weighted by Gasteiger charge is -2.35. The summed E-state index contributed by atoms with van der Waals surface area (Å²) in [6.45, 7) is 8.00. The van der Waals surface area contributed by atoms with Gasteiger partial charge in [-0.25, -0.2) is 0 Å². The van der Waals surface area contributed by atoms with E-state index < -0.39 is 6.10 Å². The largest absolute Gasteiger partial charge is 0.481 e. The molecule has 1 aliphatic heterocycles. The fourth-order valence-corrected chi connectivity index (χ4v) is 3.00. The van der Waals surface area contributed by atoms with E-state index in [0.29, 0.717) is 0 Å². The first-order chi connectivity index (χ1) is 12.1. The molecule has 1 aliphatic rings. The molecule has 1 saturated heterocycles. The summed E-state index contributed by atoms with van der Waals surface area (Å²) < 4.78 is 5.80. The maximum Gasteiger partial charge on any atom is 0.263 e. The van der Waals surface area contributed by atoms with Crippen LogP contribution >= 0.6 is 0 Å². The van der Waals surface area contributed by atoms with Crippen LogP contribution in [0.15, 0.2) is 48.8 Å². The number of rotatable bonds is 5. The fourth-order valence-electron chi connectivity index (χ4n) is 3.00. The van der Waals surface area contributed by atoms with E-state index in [4.69, 9.17) is 4.74 Å². The predicted molar refractivity (Wildman–Crippen MR) is 97.4 cm³/mol. The highest BCUT2D eigenvalue weighted by atomic mass is 16.5. The van der Waals surface area contributed by atoms with Gasteiger partial charge in [0.25, 0.3) is 5.91 Å². The normalized spacial score (nSPS) is 16.5. The Bertz CT molecular complexity index is 680.